The van der Waals surface area contributed by atoms with Crippen molar-refractivity contribution in [2.45, 2.75) is 45.7 Å². The molecule has 3 rings (SSSR count). The molecule has 0 radical (unpaired) electrons. The van der Waals surface area contributed by atoms with Gasteiger partial charge in [0.1, 0.15) is 6.61 Å². The fourth-order valence-electron chi connectivity index (χ4n) is 3.64. The highest BCUT2D eigenvalue weighted by Crippen LogP contribution is 2.34. The van der Waals surface area contributed by atoms with E-state index >= 15 is 0 Å². The number of hydrogen-bond acceptors (Lipinski definition) is 4. The molecule has 0 saturated heterocycles. The van der Waals surface area contributed by atoms with Crippen LogP contribution in [0.2, 0.25) is 0 Å². The van der Waals surface area contributed by atoms with E-state index in [0.29, 0.717) is 6.54 Å². The molecule has 2 atom stereocenters. The Bertz CT molecular complexity index is 869. The first-order valence-electron chi connectivity index (χ1n) is 9.92. The third kappa shape index (κ3) is 4.78. The van der Waals surface area contributed by atoms with Crippen molar-refractivity contribution in [1.29, 1.82) is 0 Å². The number of thiophene rings is 1. The summed E-state index contributed by atoms with van der Waals surface area (Å²) >= 11 is 1.66. The van der Waals surface area contributed by atoms with Crippen LogP contribution in [-0.2, 0) is 16.0 Å². The minimum atomic E-state index is -0.425. The standard InChI is InChI=1S/C22H27FN2O3S/c1-4-15(2)25(16(3)26)13-22(27)24-11-9-21-17(10-12-29-21)19(24)14-28-20-8-6-5-7-18(20)23/h5-8,10,12,15,19H,4,9,11,13-14H2,1-3H3/t15-,19-/m1/s1. The molecule has 2 aromatic rings. The molecule has 2 amide bonds. The van der Waals surface area contributed by atoms with Gasteiger partial charge >= 0.3 is 0 Å². The second-order valence-electron chi connectivity index (χ2n) is 7.30. The topological polar surface area (TPSA) is 49.9 Å². The van der Waals surface area contributed by atoms with E-state index in [1.165, 1.54) is 17.9 Å². The number of nitrogens with zero attached hydrogens (tertiary/aromatic N) is 2. The number of halogens is 1. The molecule has 0 bridgehead atoms. The zero-order valence-corrected chi connectivity index (χ0v) is 17.9. The van der Waals surface area contributed by atoms with E-state index in [1.807, 2.05) is 25.3 Å². The highest BCUT2D eigenvalue weighted by Gasteiger charge is 2.33. The van der Waals surface area contributed by atoms with E-state index in [0.717, 1.165) is 18.4 Å². The molecule has 2 heterocycles. The van der Waals surface area contributed by atoms with Gasteiger partial charge in [0.15, 0.2) is 11.6 Å². The first-order chi connectivity index (χ1) is 13.9. The molecule has 0 saturated carbocycles. The molecule has 0 aliphatic carbocycles. The Morgan fingerprint density at radius 2 is 2.10 bits per heavy atom. The molecule has 5 nitrogen and oxygen atoms in total. The largest absolute Gasteiger partial charge is 0.488 e. The number of carbonyl (C=O) groups is 2. The molecule has 1 aliphatic rings. The average Bonchev–Trinajstić information content (AvgIpc) is 3.19. The van der Waals surface area contributed by atoms with Gasteiger partial charge < -0.3 is 14.5 Å². The van der Waals surface area contributed by atoms with E-state index in [2.05, 4.69) is 0 Å². The Labute approximate surface area is 175 Å². The predicted molar refractivity (Wildman–Crippen MR) is 112 cm³/mol. The number of rotatable bonds is 7. The van der Waals surface area contributed by atoms with Crippen LogP contribution in [-0.4, -0.2) is 47.4 Å². The summed E-state index contributed by atoms with van der Waals surface area (Å²) in [5.74, 6) is -0.474. The smallest absolute Gasteiger partial charge is 0.242 e. The van der Waals surface area contributed by atoms with Gasteiger partial charge in [-0.15, -0.1) is 11.3 Å². The van der Waals surface area contributed by atoms with E-state index in [4.69, 9.17) is 4.74 Å². The Balaban J connectivity index is 1.79. The third-order valence-corrected chi connectivity index (χ3v) is 6.48. The van der Waals surface area contributed by atoms with Gasteiger partial charge in [-0.05, 0) is 48.9 Å². The lowest BCUT2D eigenvalue weighted by Crippen LogP contribution is -2.49. The maximum Gasteiger partial charge on any atom is 0.242 e. The number of para-hydroxylation sites is 1. The van der Waals surface area contributed by atoms with Crippen molar-refractivity contribution >= 4 is 23.2 Å². The van der Waals surface area contributed by atoms with Gasteiger partial charge in [0.05, 0.1) is 12.6 Å². The quantitative estimate of drug-likeness (QED) is 0.682. The summed E-state index contributed by atoms with van der Waals surface area (Å²) in [7, 11) is 0. The van der Waals surface area contributed by atoms with Crippen LogP contribution in [0.4, 0.5) is 4.39 Å². The maximum atomic E-state index is 14.0. The fraction of sp³-hybridized carbons (Fsp3) is 0.455. The van der Waals surface area contributed by atoms with Crippen LogP contribution in [0.15, 0.2) is 35.7 Å². The minimum absolute atomic E-state index is 0.00827. The molecule has 0 fully saturated rings. The molecule has 29 heavy (non-hydrogen) atoms. The summed E-state index contributed by atoms with van der Waals surface area (Å²) in [6.45, 7) is 6.20. The van der Waals surface area contributed by atoms with Gasteiger partial charge in [0.2, 0.25) is 11.8 Å². The molecule has 1 aliphatic heterocycles. The van der Waals surface area contributed by atoms with Gasteiger partial charge in [-0.1, -0.05) is 19.1 Å². The van der Waals surface area contributed by atoms with Crippen molar-refractivity contribution in [1.82, 2.24) is 9.80 Å². The zero-order valence-electron chi connectivity index (χ0n) is 17.1. The average molecular weight is 419 g/mol. The van der Waals surface area contributed by atoms with Gasteiger partial charge in [-0.2, -0.15) is 0 Å². The number of amides is 2. The van der Waals surface area contributed by atoms with E-state index in [9.17, 15) is 14.0 Å². The van der Waals surface area contributed by atoms with Crippen molar-refractivity contribution < 1.29 is 18.7 Å². The van der Waals surface area contributed by atoms with Crippen molar-refractivity contribution in [3.8, 4) is 5.75 Å². The summed E-state index contributed by atoms with van der Waals surface area (Å²) in [5.41, 5.74) is 1.05. The summed E-state index contributed by atoms with van der Waals surface area (Å²) < 4.78 is 19.7. The van der Waals surface area contributed by atoms with Crippen LogP contribution in [0.5, 0.6) is 5.75 Å². The van der Waals surface area contributed by atoms with Gasteiger partial charge in [-0.3, -0.25) is 9.59 Å². The van der Waals surface area contributed by atoms with E-state index in [1.54, 1.807) is 39.3 Å². The number of hydrogen-bond donors (Lipinski definition) is 0. The Morgan fingerprint density at radius 3 is 2.79 bits per heavy atom. The van der Waals surface area contributed by atoms with Crippen molar-refractivity contribution in [2.75, 3.05) is 19.7 Å². The van der Waals surface area contributed by atoms with E-state index in [-0.39, 0.29) is 42.8 Å². The Kier molecular flexibility index (Phi) is 6.90. The van der Waals surface area contributed by atoms with Crippen LogP contribution in [0.3, 0.4) is 0 Å². The first-order valence-corrected chi connectivity index (χ1v) is 10.8. The predicted octanol–water partition coefficient (Wildman–Crippen LogP) is 4.04. The van der Waals surface area contributed by atoms with Crippen LogP contribution < -0.4 is 4.74 Å². The van der Waals surface area contributed by atoms with Crippen molar-refractivity contribution in [3.05, 3.63) is 52.0 Å². The lowest BCUT2D eigenvalue weighted by Gasteiger charge is -2.37. The van der Waals surface area contributed by atoms with Gasteiger partial charge in [0, 0.05) is 24.4 Å². The van der Waals surface area contributed by atoms with Crippen molar-refractivity contribution in [3.63, 3.8) is 0 Å². The Hall–Kier alpha value is -2.41. The third-order valence-electron chi connectivity index (χ3n) is 5.48. The lowest BCUT2D eigenvalue weighted by molar-refractivity contribution is -0.143. The molecular formula is C22H27FN2O3S. The lowest BCUT2D eigenvalue weighted by atomic mass is 10.00. The summed E-state index contributed by atoms with van der Waals surface area (Å²) in [6, 6.07) is 7.96. The number of ether oxygens (including phenoxy) is 1. The molecule has 0 N–H and O–H groups in total. The maximum absolute atomic E-state index is 14.0. The Morgan fingerprint density at radius 1 is 1.34 bits per heavy atom. The molecule has 0 unspecified atom stereocenters. The molecule has 7 heteroatoms. The number of benzene rings is 1. The van der Waals surface area contributed by atoms with Crippen molar-refractivity contribution in [2.24, 2.45) is 0 Å². The fourth-order valence-corrected chi connectivity index (χ4v) is 4.57. The monoisotopic (exact) mass is 418 g/mol. The second kappa shape index (κ2) is 9.39. The number of fused-ring (bicyclic) bond motifs is 1. The highest BCUT2D eigenvalue weighted by atomic mass is 32.1. The normalized spacial score (nSPS) is 16.8. The van der Waals surface area contributed by atoms with Gasteiger partial charge in [-0.25, -0.2) is 4.39 Å². The molecule has 156 valence electrons. The summed E-state index contributed by atoms with van der Waals surface area (Å²) in [5, 5.41) is 2.01. The van der Waals surface area contributed by atoms with Crippen LogP contribution in [0.1, 0.15) is 43.7 Å². The second-order valence-corrected chi connectivity index (χ2v) is 8.30. The molecule has 1 aromatic heterocycles. The minimum Gasteiger partial charge on any atom is -0.488 e. The summed E-state index contributed by atoms with van der Waals surface area (Å²) in [6.07, 6.45) is 1.56. The van der Waals surface area contributed by atoms with Crippen LogP contribution in [0, 0.1) is 5.82 Å². The zero-order chi connectivity index (χ0) is 21.0. The van der Waals surface area contributed by atoms with Gasteiger partial charge in [0.25, 0.3) is 0 Å². The first kappa shape index (κ1) is 21.3. The van der Waals surface area contributed by atoms with Crippen LogP contribution in [0.25, 0.3) is 0 Å². The molecule has 1 aromatic carbocycles. The molecule has 0 spiro atoms. The number of carbonyl (C=O) groups excluding carboxylic acids is 2. The van der Waals surface area contributed by atoms with Crippen LogP contribution >= 0.6 is 11.3 Å². The SMILES string of the molecule is CC[C@@H](C)N(CC(=O)N1CCc2sccc2[C@H]1COc1ccccc1F)C(C)=O. The highest BCUT2D eigenvalue weighted by molar-refractivity contribution is 7.10. The molecular weight excluding hydrogens is 391 g/mol. The summed E-state index contributed by atoms with van der Waals surface area (Å²) in [4.78, 5) is 29.8. The van der Waals surface area contributed by atoms with E-state index < -0.39 is 5.82 Å².